The van der Waals surface area contributed by atoms with Crippen LogP contribution in [0.15, 0.2) is 0 Å². The van der Waals surface area contributed by atoms with Gasteiger partial charge in [-0.1, -0.05) is 13.8 Å². The van der Waals surface area contributed by atoms with Crippen LogP contribution < -0.4 is 5.32 Å². The smallest absolute Gasteiger partial charge is 0.246 e. The summed E-state index contributed by atoms with van der Waals surface area (Å²) in [4.78, 5) is 24.2. The van der Waals surface area contributed by atoms with Crippen LogP contribution in [-0.2, 0) is 9.59 Å². The molecule has 1 atom stereocenters. The number of carbonyl (C=O) groups excluding carboxylic acids is 2. The second kappa shape index (κ2) is 4.55. The topological polar surface area (TPSA) is 49.4 Å². The van der Waals surface area contributed by atoms with Crippen molar-refractivity contribution in [1.29, 1.82) is 0 Å². The van der Waals surface area contributed by atoms with Gasteiger partial charge in [0.2, 0.25) is 11.8 Å². The summed E-state index contributed by atoms with van der Waals surface area (Å²) < 4.78 is 0. The first-order valence-corrected chi connectivity index (χ1v) is 5.07. The molecule has 0 radical (unpaired) electrons. The highest BCUT2D eigenvalue weighted by atomic mass is 16.2. The van der Waals surface area contributed by atoms with Gasteiger partial charge >= 0.3 is 0 Å². The number of hydrogen-bond donors (Lipinski definition) is 1. The van der Waals surface area contributed by atoms with Crippen molar-refractivity contribution in [2.75, 3.05) is 13.1 Å². The van der Waals surface area contributed by atoms with Crippen LogP contribution in [0.2, 0.25) is 0 Å². The third-order valence-electron chi connectivity index (χ3n) is 2.38. The number of hydrogen-bond acceptors (Lipinski definition) is 3. The quantitative estimate of drug-likeness (QED) is 0.698. The lowest BCUT2D eigenvalue weighted by Crippen LogP contribution is -2.56. The van der Waals surface area contributed by atoms with Gasteiger partial charge in [0.25, 0.3) is 0 Å². The molecule has 80 valence electrons. The van der Waals surface area contributed by atoms with E-state index in [0.29, 0.717) is 19.0 Å². The molecular formula is C10H18N2O2. The summed E-state index contributed by atoms with van der Waals surface area (Å²) >= 11 is 0. The Morgan fingerprint density at radius 1 is 1.64 bits per heavy atom. The van der Waals surface area contributed by atoms with Crippen molar-refractivity contribution in [2.24, 2.45) is 5.92 Å². The molecule has 0 saturated carbocycles. The molecule has 1 N–H and O–H groups in total. The fourth-order valence-electron chi connectivity index (χ4n) is 1.70. The van der Waals surface area contributed by atoms with E-state index in [2.05, 4.69) is 19.2 Å². The van der Waals surface area contributed by atoms with Gasteiger partial charge in [0.15, 0.2) is 0 Å². The van der Waals surface area contributed by atoms with Crippen molar-refractivity contribution < 1.29 is 9.59 Å². The summed E-state index contributed by atoms with van der Waals surface area (Å²) in [5, 5.41) is 3.14. The molecule has 1 heterocycles. The van der Waals surface area contributed by atoms with Gasteiger partial charge in [-0.2, -0.15) is 0 Å². The van der Waals surface area contributed by atoms with Gasteiger partial charge in [-0.25, -0.2) is 0 Å². The molecule has 2 amide bonds. The Bertz CT molecular complexity index is 238. The Labute approximate surface area is 84.7 Å². The standard InChI is InChI=1S/C10H18N2O2/c1-7(2)6-9-10(14)12(8(3)13)5-4-11-9/h7,9,11H,4-6H2,1-3H3. The Morgan fingerprint density at radius 2 is 2.29 bits per heavy atom. The monoisotopic (exact) mass is 198 g/mol. The summed E-state index contributed by atoms with van der Waals surface area (Å²) in [6.07, 6.45) is 0.794. The zero-order valence-electron chi connectivity index (χ0n) is 9.04. The van der Waals surface area contributed by atoms with Crippen LogP contribution in [0.5, 0.6) is 0 Å². The van der Waals surface area contributed by atoms with Crippen LogP contribution in [0.3, 0.4) is 0 Å². The van der Waals surface area contributed by atoms with Crippen molar-refractivity contribution in [3.8, 4) is 0 Å². The van der Waals surface area contributed by atoms with E-state index in [4.69, 9.17) is 0 Å². The Kier molecular flexibility index (Phi) is 3.63. The van der Waals surface area contributed by atoms with E-state index in [1.807, 2.05) is 0 Å². The van der Waals surface area contributed by atoms with Crippen LogP contribution in [-0.4, -0.2) is 35.8 Å². The van der Waals surface area contributed by atoms with Gasteiger partial charge in [-0.3, -0.25) is 14.5 Å². The summed E-state index contributed by atoms with van der Waals surface area (Å²) in [5.74, 6) is 0.242. The number of carbonyl (C=O) groups is 2. The number of rotatable bonds is 2. The summed E-state index contributed by atoms with van der Waals surface area (Å²) in [7, 11) is 0. The first-order chi connectivity index (χ1) is 6.52. The van der Waals surface area contributed by atoms with Crippen LogP contribution >= 0.6 is 0 Å². The fraction of sp³-hybridized carbons (Fsp3) is 0.800. The molecule has 1 rings (SSSR count). The molecule has 0 spiro atoms. The molecule has 1 aliphatic heterocycles. The number of nitrogens with zero attached hydrogens (tertiary/aromatic N) is 1. The molecule has 0 aromatic carbocycles. The lowest BCUT2D eigenvalue weighted by Gasteiger charge is -2.31. The predicted octanol–water partition coefficient (Wildman–Crippen LogP) is 0.379. The van der Waals surface area contributed by atoms with E-state index in [-0.39, 0.29) is 17.9 Å². The number of imide groups is 1. The number of piperazine rings is 1. The first-order valence-electron chi connectivity index (χ1n) is 5.07. The highest BCUT2D eigenvalue weighted by Crippen LogP contribution is 2.10. The highest BCUT2D eigenvalue weighted by molar-refractivity contribution is 5.97. The normalized spacial score (nSPS) is 23.0. The minimum absolute atomic E-state index is 0.0718. The first kappa shape index (κ1) is 11.2. The van der Waals surface area contributed by atoms with Crippen LogP contribution in [0, 0.1) is 5.92 Å². The van der Waals surface area contributed by atoms with E-state index in [1.165, 1.54) is 11.8 Å². The molecule has 4 heteroatoms. The maximum absolute atomic E-state index is 11.7. The summed E-state index contributed by atoms with van der Waals surface area (Å²) in [5.41, 5.74) is 0. The van der Waals surface area contributed by atoms with Crippen LogP contribution in [0.25, 0.3) is 0 Å². The molecule has 0 aromatic heterocycles. The van der Waals surface area contributed by atoms with Crippen molar-refractivity contribution in [1.82, 2.24) is 10.2 Å². The zero-order chi connectivity index (χ0) is 10.7. The van der Waals surface area contributed by atoms with E-state index < -0.39 is 0 Å². The van der Waals surface area contributed by atoms with Crippen LogP contribution in [0.4, 0.5) is 0 Å². The van der Waals surface area contributed by atoms with Gasteiger partial charge in [0, 0.05) is 20.0 Å². The second-order valence-corrected chi connectivity index (χ2v) is 4.15. The molecule has 1 fully saturated rings. The van der Waals surface area contributed by atoms with E-state index in [0.717, 1.165) is 6.42 Å². The largest absolute Gasteiger partial charge is 0.304 e. The molecule has 1 saturated heterocycles. The molecule has 14 heavy (non-hydrogen) atoms. The Hall–Kier alpha value is -0.900. The Morgan fingerprint density at radius 3 is 2.79 bits per heavy atom. The average molecular weight is 198 g/mol. The van der Waals surface area contributed by atoms with Gasteiger partial charge < -0.3 is 5.32 Å². The molecule has 0 aliphatic carbocycles. The maximum atomic E-state index is 11.7. The third kappa shape index (κ3) is 2.54. The molecular weight excluding hydrogens is 180 g/mol. The van der Waals surface area contributed by atoms with Gasteiger partial charge in [-0.15, -0.1) is 0 Å². The molecule has 1 aliphatic rings. The van der Waals surface area contributed by atoms with Crippen molar-refractivity contribution in [3.63, 3.8) is 0 Å². The Balaban J connectivity index is 2.61. The molecule has 1 unspecified atom stereocenters. The second-order valence-electron chi connectivity index (χ2n) is 4.15. The van der Waals surface area contributed by atoms with E-state index in [1.54, 1.807) is 0 Å². The average Bonchev–Trinajstić information content (AvgIpc) is 2.07. The SMILES string of the molecule is CC(=O)N1CCNC(CC(C)C)C1=O. The van der Waals surface area contributed by atoms with Gasteiger partial charge in [-0.05, 0) is 12.3 Å². The molecule has 4 nitrogen and oxygen atoms in total. The van der Waals surface area contributed by atoms with Crippen molar-refractivity contribution in [3.05, 3.63) is 0 Å². The minimum Gasteiger partial charge on any atom is -0.304 e. The fourth-order valence-corrected chi connectivity index (χ4v) is 1.70. The third-order valence-corrected chi connectivity index (χ3v) is 2.38. The van der Waals surface area contributed by atoms with E-state index >= 15 is 0 Å². The van der Waals surface area contributed by atoms with Gasteiger partial charge in [0.05, 0.1) is 6.04 Å². The maximum Gasteiger partial charge on any atom is 0.246 e. The number of nitrogens with one attached hydrogen (secondary N) is 1. The van der Waals surface area contributed by atoms with E-state index in [9.17, 15) is 9.59 Å². The highest BCUT2D eigenvalue weighted by Gasteiger charge is 2.30. The minimum atomic E-state index is -0.173. The lowest BCUT2D eigenvalue weighted by atomic mass is 10.0. The lowest BCUT2D eigenvalue weighted by molar-refractivity contribution is -0.147. The summed E-state index contributed by atoms with van der Waals surface area (Å²) in [6, 6.07) is -0.173. The summed E-state index contributed by atoms with van der Waals surface area (Å²) in [6.45, 7) is 6.80. The molecule has 0 bridgehead atoms. The van der Waals surface area contributed by atoms with Gasteiger partial charge in [0.1, 0.15) is 0 Å². The number of amides is 2. The zero-order valence-corrected chi connectivity index (χ0v) is 9.04. The predicted molar refractivity (Wildman–Crippen MR) is 53.6 cm³/mol. The van der Waals surface area contributed by atoms with Crippen molar-refractivity contribution >= 4 is 11.8 Å². The van der Waals surface area contributed by atoms with Crippen LogP contribution in [0.1, 0.15) is 27.2 Å². The molecule has 0 aromatic rings. The van der Waals surface area contributed by atoms with Crippen molar-refractivity contribution in [2.45, 2.75) is 33.2 Å².